The summed E-state index contributed by atoms with van der Waals surface area (Å²) in [6, 6.07) is 20.7. The second-order valence-electron chi connectivity index (χ2n) is 8.78. The third-order valence-corrected chi connectivity index (χ3v) is 6.40. The molecule has 0 saturated carbocycles. The van der Waals surface area contributed by atoms with Crippen LogP contribution < -0.4 is 15.0 Å². The molecule has 2 aliphatic heterocycles. The summed E-state index contributed by atoms with van der Waals surface area (Å²) >= 11 is 0. The molecule has 0 spiro atoms. The van der Waals surface area contributed by atoms with Crippen molar-refractivity contribution in [1.82, 2.24) is 5.32 Å². The van der Waals surface area contributed by atoms with Crippen LogP contribution in [-0.2, 0) is 11.2 Å². The number of hydrogen-bond acceptors (Lipinski definition) is 4. The number of amides is 2. The molecule has 172 valence electrons. The maximum atomic E-state index is 12.8. The minimum absolute atomic E-state index is 0.0334. The van der Waals surface area contributed by atoms with Crippen molar-refractivity contribution in [3.05, 3.63) is 83.4 Å². The lowest BCUT2D eigenvalue weighted by molar-refractivity contribution is -0.117. The molecule has 1 saturated heterocycles. The molecule has 0 aliphatic carbocycles. The minimum Gasteiger partial charge on any atom is -0.488 e. The molecule has 2 aliphatic rings. The van der Waals surface area contributed by atoms with Gasteiger partial charge in [0.15, 0.2) is 5.78 Å². The zero-order chi connectivity index (χ0) is 23.7. The zero-order valence-corrected chi connectivity index (χ0v) is 19.0. The number of nitrogens with zero attached hydrogens (tertiary/aromatic N) is 1. The van der Waals surface area contributed by atoms with Gasteiger partial charge in [0.1, 0.15) is 11.9 Å². The summed E-state index contributed by atoms with van der Waals surface area (Å²) in [4.78, 5) is 38.5. The van der Waals surface area contributed by atoms with Gasteiger partial charge in [-0.15, -0.1) is 0 Å². The van der Waals surface area contributed by atoms with E-state index >= 15 is 0 Å². The molecule has 0 aromatic heterocycles. The van der Waals surface area contributed by atoms with Crippen LogP contribution in [0, 0.1) is 0 Å². The fourth-order valence-electron chi connectivity index (χ4n) is 4.69. The van der Waals surface area contributed by atoms with Gasteiger partial charge >= 0.3 is 0 Å². The van der Waals surface area contributed by atoms with Gasteiger partial charge < -0.3 is 15.0 Å². The zero-order valence-electron chi connectivity index (χ0n) is 19.0. The molecule has 0 bridgehead atoms. The predicted octanol–water partition coefficient (Wildman–Crippen LogP) is 4.42. The summed E-state index contributed by atoms with van der Waals surface area (Å²) in [6.07, 6.45) is 1.91. The van der Waals surface area contributed by atoms with E-state index in [2.05, 4.69) is 11.4 Å². The van der Waals surface area contributed by atoms with E-state index in [-0.39, 0.29) is 23.7 Å². The van der Waals surface area contributed by atoms with Crippen molar-refractivity contribution in [2.75, 3.05) is 18.0 Å². The molecular weight excluding hydrogens is 428 g/mol. The maximum absolute atomic E-state index is 12.8. The van der Waals surface area contributed by atoms with Crippen LogP contribution in [0.15, 0.2) is 66.7 Å². The minimum atomic E-state index is -0.191. The molecule has 1 atom stereocenters. The van der Waals surface area contributed by atoms with Gasteiger partial charge in [-0.3, -0.25) is 14.4 Å². The van der Waals surface area contributed by atoms with Crippen LogP contribution in [0.3, 0.4) is 0 Å². The van der Waals surface area contributed by atoms with E-state index in [1.807, 2.05) is 42.5 Å². The normalized spacial score (nSPS) is 16.8. The van der Waals surface area contributed by atoms with Crippen molar-refractivity contribution in [3.8, 4) is 16.9 Å². The highest BCUT2D eigenvalue weighted by Gasteiger charge is 2.25. The monoisotopic (exact) mass is 454 g/mol. The van der Waals surface area contributed by atoms with Gasteiger partial charge in [-0.25, -0.2) is 0 Å². The van der Waals surface area contributed by atoms with Crippen molar-refractivity contribution in [3.63, 3.8) is 0 Å². The Morgan fingerprint density at radius 2 is 1.91 bits per heavy atom. The SMILES string of the molecule is CC(=O)c1ccccc1-c1ccc2c(c1)C[C@@H](CNC(=O)c1cccc(N3CCCC3=O)c1)O2. The molecule has 1 N–H and O–H groups in total. The molecule has 0 unspecified atom stereocenters. The summed E-state index contributed by atoms with van der Waals surface area (Å²) in [5, 5.41) is 2.96. The Bertz CT molecular complexity index is 1280. The number of anilines is 1. The average Bonchev–Trinajstić information content (AvgIpc) is 3.47. The van der Waals surface area contributed by atoms with Crippen molar-refractivity contribution < 1.29 is 19.1 Å². The Kier molecular flexibility index (Phi) is 5.88. The van der Waals surface area contributed by atoms with Crippen molar-refractivity contribution in [2.24, 2.45) is 0 Å². The van der Waals surface area contributed by atoms with Crippen LogP contribution in [0.2, 0.25) is 0 Å². The summed E-state index contributed by atoms with van der Waals surface area (Å²) in [5.41, 5.74) is 4.93. The number of nitrogens with one attached hydrogen (secondary N) is 1. The van der Waals surface area contributed by atoms with Crippen molar-refractivity contribution in [2.45, 2.75) is 32.3 Å². The predicted molar refractivity (Wildman–Crippen MR) is 130 cm³/mol. The molecule has 0 radical (unpaired) electrons. The fourth-order valence-corrected chi connectivity index (χ4v) is 4.69. The van der Waals surface area contributed by atoms with E-state index in [0.717, 1.165) is 34.5 Å². The lowest BCUT2D eigenvalue weighted by atomic mass is 9.95. The second-order valence-corrected chi connectivity index (χ2v) is 8.78. The topological polar surface area (TPSA) is 75.7 Å². The largest absolute Gasteiger partial charge is 0.488 e. The van der Waals surface area contributed by atoms with E-state index in [4.69, 9.17) is 4.74 Å². The van der Waals surface area contributed by atoms with Gasteiger partial charge in [0.05, 0.1) is 6.54 Å². The first-order valence-electron chi connectivity index (χ1n) is 11.6. The molecule has 3 aromatic rings. The third kappa shape index (κ3) is 4.31. The summed E-state index contributed by atoms with van der Waals surface area (Å²) in [7, 11) is 0. The Balaban J connectivity index is 1.24. The Morgan fingerprint density at radius 3 is 2.71 bits per heavy atom. The van der Waals surface area contributed by atoms with Crippen LogP contribution >= 0.6 is 0 Å². The van der Waals surface area contributed by atoms with Crippen LogP contribution in [0.25, 0.3) is 11.1 Å². The van der Waals surface area contributed by atoms with Crippen molar-refractivity contribution >= 4 is 23.3 Å². The lowest BCUT2D eigenvalue weighted by Gasteiger charge is -2.17. The van der Waals surface area contributed by atoms with Crippen LogP contribution in [0.4, 0.5) is 5.69 Å². The highest BCUT2D eigenvalue weighted by Crippen LogP contribution is 2.34. The number of fused-ring (bicyclic) bond motifs is 1. The smallest absolute Gasteiger partial charge is 0.251 e. The summed E-state index contributed by atoms with van der Waals surface area (Å²) in [6.45, 7) is 2.64. The molecular formula is C28H26N2O4. The third-order valence-electron chi connectivity index (χ3n) is 6.40. The lowest BCUT2D eigenvalue weighted by Crippen LogP contribution is -2.34. The van der Waals surface area contributed by atoms with Gasteiger partial charge in [0, 0.05) is 36.2 Å². The highest BCUT2D eigenvalue weighted by atomic mass is 16.5. The number of carbonyl (C=O) groups is 3. The van der Waals surface area contributed by atoms with E-state index in [0.29, 0.717) is 37.1 Å². The van der Waals surface area contributed by atoms with E-state index in [9.17, 15) is 14.4 Å². The number of ether oxygens (including phenoxy) is 1. The fraction of sp³-hybridized carbons (Fsp3) is 0.250. The first-order valence-corrected chi connectivity index (χ1v) is 11.6. The summed E-state index contributed by atoms with van der Waals surface area (Å²) < 4.78 is 6.05. The van der Waals surface area contributed by atoms with E-state index < -0.39 is 0 Å². The second kappa shape index (κ2) is 9.14. The van der Waals surface area contributed by atoms with Gasteiger partial charge in [-0.05, 0) is 60.4 Å². The molecule has 3 aromatic carbocycles. The average molecular weight is 455 g/mol. The number of Topliss-reactive ketones (excluding diaryl/α,β-unsaturated/α-hetero) is 1. The standard InChI is InChI=1S/C28H26N2O4/c1-18(31)24-8-2-3-9-25(24)19-11-12-26-21(14-19)16-23(34-26)17-29-28(33)20-6-4-7-22(15-20)30-13-5-10-27(30)32/h2-4,6-9,11-12,14-15,23H,5,10,13,16-17H2,1H3,(H,29,33)/t23-/m0/s1. The van der Waals surface area contributed by atoms with E-state index in [1.165, 1.54) is 0 Å². The number of rotatable bonds is 6. The van der Waals surface area contributed by atoms with E-state index in [1.54, 1.807) is 30.0 Å². The Morgan fingerprint density at radius 1 is 1.06 bits per heavy atom. The molecule has 6 nitrogen and oxygen atoms in total. The molecule has 1 fully saturated rings. The van der Waals surface area contributed by atoms with Gasteiger partial charge in [0.2, 0.25) is 5.91 Å². The molecule has 5 rings (SSSR count). The first kappa shape index (κ1) is 21.9. The highest BCUT2D eigenvalue weighted by molar-refractivity contribution is 6.01. The molecule has 6 heteroatoms. The van der Waals surface area contributed by atoms with Crippen LogP contribution in [-0.4, -0.2) is 36.8 Å². The number of ketones is 1. The van der Waals surface area contributed by atoms with Crippen LogP contribution in [0.5, 0.6) is 5.75 Å². The van der Waals surface area contributed by atoms with Gasteiger partial charge in [0.25, 0.3) is 5.91 Å². The number of carbonyl (C=O) groups excluding carboxylic acids is 3. The molecule has 34 heavy (non-hydrogen) atoms. The molecule has 2 amide bonds. The van der Waals surface area contributed by atoms with Gasteiger partial charge in [-0.2, -0.15) is 0 Å². The Hall–Kier alpha value is -3.93. The summed E-state index contributed by atoms with van der Waals surface area (Å²) in [5.74, 6) is 0.744. The first-order chi connectivity index (χ1) is 16.5. The number of hydrogen-bond donors (Lipinski definition) is 1. The van der Waals surface area contributed by atoms with Crippen molar-refractivity contribution in [1.29, 1.82) is 0 Å². The maximum Gasteiger partial charge on any atom is 0.251 e. The number of benzene rings is 3. The van der Waals surface area contributed by atoms with Gasteiger partial charge in [-0.1, -0.05) is 36.4 Å². The van der Waals surface area contributed by atoms with Crippen LogP contribution in [0.1, 0.15) is 46.0 Å². The molecule has 2 heterocycles. The quantitative estimate of drug-likeness (QED) is 0.560. The Labute approximate surface area is 198 Å².